The number of hydrogen-bond acceptors (Lipinski definition) is 5. The predicted octanol–water partition coefficient (Wildman–Crippen LogP) is 0.708. The second kappa shape index (κ2) is 9.28. The molecule has 1 aromatic heterocycles. The van der Waals surface area contributed by atoms with E-state index in [0.29, 0.717) is 26.2 Å². The summed E-state index contributed by atoms with van der Waals surface area (Å²) in [6.07, 6.45) is 1.83. The minimum Gasteiger partial charge on any atom is -0.383 e. The molecule has 0 aliphatic carbocycles. The number of carbonyl (C=O) groups is 1. The van der Waals surface area contributed by atoms with Gasteiger partial charge in [-0.2, -0.15) is 0 Å². The molecule has 0 saturated carbocycles. The van der Waals surface area contributed by atoms with Gasteiger partial charge in [0.15, 0.2) is 0 Å². The number of aromatic nitrogens is 1. The van der Waals surface area contributed by atoms with Crippen LogP contribution in [0.15, 0.2) is 18.3 Å². The molecule has 0 spiro atoms. The van der Waals surface area contributed by atoms with Crippen molar-refractivity contribution >= 4 is 11.7 Å². The summed E-state index contributed by atoms with van der Waals surface area (Å²) in [4.78, 5) is 17.9. The van der Waals surface area contributed by atoms with Crippen LogP contribution in [0.5, 0.6) is 0 Å². The zero-order valence-electron chi connectivity index (χ0n) is 12.5. The highest BCUT2D eigenvalue weighted by molar-refractivity contribution is 5.77. The van der Waals surface area contributed by atoms with Gasteiger partial charge in [-0.15, -0.1) is 0 Å². The van der Waals surface area contributed by atoms with Gasteiger partial charge in [0.05, 0.1) is 13.2 Å². The van der Waals surface area contributed by atoms with Crippen molar-refractivity contribution in [2.75, 3.05) is 45.7 Å². The standard InChI is InChI=1S/C14H24N4O2/c1-4-15-13-6-5-12(9-17-13)10-18(2)11-14(19)16-7-8-20-3/h5-6,9H,4,7-8,10-11H2,1-3H3,(H,15,17)(H,16,19). The number of amides is 1. The summed E-state index contributed by atoms with van der Waals surface area (Å²) in [6, 6.07) is 3.97. The highest BCUT2D eigenvalue weighted by atomic mass is 16.5. The van der Waals surface area contributed by atoms with Crippen LogP contribution in [0.4, 0.5) is 5.82 Å². The van der Waals surface area contributed by atoms with E-state index in [1.807, 2.05) is 37.2 Å². The van der Waals surface area contributed by atoms with Crippen LogP contribution >= 0.6 is 0 Å². The Morgan fingerprint density at radius 1 is 1.45 bits per heavy atom. The maximum Gasteiger partial charge on any atom is 0.234 e. The Balaban J connectivity index is 2.33. The Kier molecular flexibility index (Phi) is 7.60. The predicted molar refractivity (Wildman–Crippen MR) is 79.6 cm³/mol. The van der Waals surface area contributed by atoms with E-state index in [9.17, 15) is 4.79 Å². The summed E-state index contributed by atoms with van der Waals surface area (Å²) in [6.45, 7) is 5.02. The lowest BCUT2D eigenvalue weighted by atomic mass is 10.2. The van der Waals surface area contributed by atoms with Crippen LogP contribution in [0.25, 0.3) is 0 Å². The molecule has 0 saturated heterocycles. The quantitative estimate of drug-likeness (QED) is 0.652. The van der Waals surface area contributed by atoms with Gasteiger partial charge in [0.25, 0.3) is 0 Å². The van der Waals surface area contributed by atoms with Crippen LogP contribution in [0.3, 0.4) is 0 Å². The van der Waals surface area contributed by atoms with Gasteiger partial charge in [-0.25, -0.2) is 4.98 Å². The van der Waals surface area contributed by atoms with Crippen LogP contribution in [-0.4, -0.2) is 56.2 Å². The normalized spacial score (nSPS) is 10.6. The smallest absolute Gasteiger partial charge is 0.234 e. The molecule has 0 aliphatic rings. The van der Waals surface area contributed by atoms with Crippen LogP contribution in [0.2, 0.25) is 0 Å². The van der Waals surface area contributed by atoms with Crippen molar-refractivity contribution in [1.29, 1.82) is 0 Å². The lowest BCUT2D eigenvalue weighted by Crippen LogP contribution is -2.36. The van der Waals surface area contributed by atoms with E-state index in [-0.39, 0.29) is 5.91 Å². The Labute approximate surface area is 120 Å². The molecule has 0 fully saturated rings. The van der Waals surface area contributed by atoms with Gasteiger partial charge < -0.3 is 15.4 Å². The lowest BCUT2D eigenvalue weighted by molar-refractivity contribution is -0.122. The molecule has 6 heteroatoms. The van der Waals surface area contributed by atoms with E-state index in [0.717, 1.165) is 17.9 Å². The van der Waals surface area contributed by atoms with E-state index >= 15 is 0 Å². The van der Waals surface area contributed by atoms with E-state index in [1.165, 1.54) is 0 Å². The van der Waals surface area contributed by atoms with Crippen molar-refractivity contribution in [3.63, 3.8) is 0 Å². The van der Waals surface area contributed by atoms with Crippen molar-refractivity contribution in [3.05, 3.63) is 23.9 Å². The van der Waals surface area contributed by atoms with Gasteiger partial charge in [0.1, 0.15) is 5.82 Å². The second-order valence-electron chi connectivity index (χ2n) is 4.60. The molecule has 1 heterocycles. The van der Waals surface area contributed by atoms with Crippen LogP contribution in [0, 0.1) is 0 Å². The Morgan fingerprint density at radius 2 is 2.25 bits per heavy atom. The molecule has 112 valence electrons. The van der Waals surface area contributed by atoms with Crippen molar-refractivity contribution in [2.45, 2.75) is 13.5 Å². The molecule has 1 amide bonds. The number of methoxy groups -OCH3 is 1. The number of pyridine rings is 1. The van der Waals surface area contributed by atoms with Gasteiger partial charge in [-0.05, 0) is 25.6 Å². The molecule has 0 aromatic carbocycles. The maximum absolute atomic E-state index is 11.6. The summed E-state index contributed by atoms with van der Waals surface area (Å²) in [7, 11) is 3.52. The highest BCUT2D eigenvalue weighted by Crippen LogP contribution is 2.06. The van der Waals surface area contributed by atoms with Crippen molar-refractivity contribution in [1.82, 2.24) is 15.2 Å². The number of carbonyl (C=O) groups excluding carboxylic acids is 1. The third kappa shape index (κ3) is 6.49. The first-order valence-electron chi connectivity index (χ1n) is 6.78. The molecule has 1 aromatic rings. The molecule has 6 nitrogen and oxygen atoms in total. The van der Waals surface area contributed by atoms with Gasteiger partial charge in [-0.3, -0.25) is 9.69 Å². The molecule has 0 atom stereocenters. The summed E-state index contributed by atoms with van der Waals surface area (Å²) >= 11 is 0. The number of nitrogens with one attached hydrogen (secondary N) is 2. The van der Waals surface area contributed by atoms with Crippen molar-refractivity contribution < 1.29 is 9.53 Å². The molecular weight excluding hydrogens is 256 g/mol. The first kappa shape index (κ1) is 16.4. The number of anilines is 1. The van der Waals surface area contributed by atoms with E-state index in [2.05, 4.69) is 15.6 Å². The third-order valence-electron chi connectivity index (χ3n) is 2.68. The zero-order chi connectivity index (χ0) is 14.8. The molecule has 0 bridgehead atoms. The van der Waals surface area contributed by atoms with E-state index < -0.39 is 0 Å². The van der Waals surface area contributed by atoms with E-state index in [4.69, 9.17) is 4.74 Å². The highest BCUT2D eigenvalue weighted by Gasteiger charge is 2.06. The summed E-state index contributed by atoms with van der Waals surface area (Å²) in [5.74, 6) is 0.873. The van der Waals surface area contributed by atoms with Gasteiger partial charge in [0, 0.05) is 32.9 Å². The van der Waals surface area contributed by atoms with Gasteiger partial charge in [0.2, 0.25) is 5.91 Å². The lowest BCUT2D eigenvalue weighted by Gasteiger charge is -2.16. The Bertz CT molecular complexity index is 395. The number of nitrogens with zero attached hydrogens (tertiary/aromatic N) is 2. The third-order valence-corrected chi connectivity index (χ3v) is 2.68. The topological polar surface area (TPSA) is 66.5 Å². The minimum atomic E-state index is 0.00165. The monoisotopic (exact) mass is 280 g/mol. The fourth-order valence-corrected chi connectivity index (χ4v) is 1.76. The minimum absolute atomic E-state index is 0.00165. The molecule has 1 rings (SSSR count). The SMILES string of the molecule is CCNc1ccc(CN(C)CC(=O)NCCOC)cn1. The molecule has 20 heavy (non-hydrogen) atoms. The Morgan fingerprint density at radius 3 is 2.85 bits per heavy atom. The van der Waals surface area contributed by atoms with Crippen molar-refractivity contribution in [3.8, 4) is 0 Å². The summed E-state index contributed by atoms with van der Waals surface area (Å²) < 4.78 is 4.88. The molecule has 0 aliphatic heterocycles. The molecule has 2 N–H and O–H groups in total. The first-order chi connectivity index (χ1) is 9.65. The van der Waals surface area contributed by atoms with Gasteiger partial charge in [-0.1, -0.05) is 6.07 Å². The fraction of sp³-hybridized carbons (Fsp3) is 0.571. The molecular formula is C14H24N4O2. The maximum atomic E-state index is 11.6. The average molecular weight is 280 g/mol. The summed E-state index contributed by atoms with van der Waals surface area (Å²) in [5.41, 5.74) is 1.08. The largest absolute Gasteiger partial charge is 0.383 e. The summed E-state index contributed by atoms with van der Waals surface area (Å²) in [5, 5.41) is 5.94. The second-order valence-corrected chi connectivity index (χ2v) is 4.60. The van der Waals surface area contributed by atoms with Crippen LogP contribution in [0.1, 0.15) is 12.5 Å². The number of rotatable bonds is 9. The first-order valence-corrected chi connectivity index (χ1v) is 6.78. The Hall–Kier alpha value is -1.66. The number of likely N-dealkylation sites (N-methyl/N-ethyl adjacent to an activating group) is 1. The number of hydrogen-bond donors (Lipinski definition) is 2. The van der Waals surface area contributed by atoms with Crippen LogP contribution in [-0.2, 0) is 16.1 Å². The van der Waals surface area contributed by atoms with Crippen LogP contribution < -0.4 is 10.6 Å². The van der Waals surface area contributed by atoms with Crippen molar-refractivity contribution in [2.24, 2.45) is 0 Å². The zero-order valence-corrected chi connectivity index (χ0v) is 12.5. The molecule has 0 unspecified atom stereocenters. The molecule has 0 radical (unpaired) electrons. The average Bonchev–Trinajstić information content (AvgIpc) is 2.41. The fourth-order valence-electron chi connectivity index (χ4n) is 1.76. The van der Waals surface area contributed by atoms with Gasteiger partial charge >= 0.3 is 0 Å². The number of ether oxygens (including phenoxy) is 1. The van der Waals surface area contributed by atoms with E-state index in [1.54, 1.807) is 7.11 Å².